The number of ketones is 1. The van der Waals surface area contributed by atoms with Gasteiger partial charge in [0.15, 0.2) is 5.78 Å². The Bertz CT molecular complexity index is 522. The van der Waals surface area contributed by atoms with Crippen molar-refractivity contribution in [1.82, 2.24) is 4.90 Å². The van der Waals surface area contributed by atoms with Crippen LogP contribution in [0.1, 0.15) is 62.7 Å². The molecule has 0 amide bonds. The van der Waals surface area contributed by atoms with E-state index in [-0.39, 0.29) is 11.9 Å². The Morgan fingerprint density at radius 3 is 2.61 bits per heavy atom. The molecule has 1 aromatic carbocycles. The molecule has 128 valence electrons. The third kappa shape index (κ3) is 5.24. The highest BCUT2D eigenvalue weighted by Crippen LogP contribution is 2.25. The molecule has 0 unspecified atom stereocenters. The van der Waals surface area contributed by atoms with Crippen LogP contribution in [0.3, 0.4) is 0 Å². The van der Waals surface area contributed by atoms with Gasteiger partial charge in [0.1, 0.15) is 5.75 Å². The number of carbonyl (C=O) groups is 1. The van der Waals surface area contributed by atoms with Crippen LogP contribution in [-0.4, -0.2) is 36.4 Å². The topological polar surface area (TPSA) is 55.6 Å². The molecule has 0 heterocycles. The molecule has 1 aliphatic carbocycles. The number of hydrogen-bond acceptors (Lipinski definition) is 4. The Morgan fingerprint density at radius 1 is 1.30 bits per heavy atom. The van der Waals surface area contributed by atoms with Gasteiger partial charge in [-0.3, -0.25) is 4.79 Å². The summed E-state index contributed by atoms with van der Waals surface area (Å²) >= 11 is 0. The van der Waals surface area contributed by atoms with Crippen molar-refractivity contribution in [3.8, 4) is 5.75 Å². The van der Waals surface area contributed by atoms with Crippen LogP contribution < -0.4 is 10.5 Å². The Kier molecular flexibility index (Phi) is 6.46. The molecule has 2 rings (SSSR count). The zero-order chi connectivity index (χ0) is 16.8. The van der Waals surface area contributed by atoms with Crippen LogP contribution in [-0.2, 0) is 0 Å². The number of benzene rings is 1. The minimum Gasteiger partial charge on any atom is -0.489 e. The summed E-state index contributed by atoms with van der Waals surface area (Å²) in [6, 6.07) is 5.99. The highest BCUT2D eigenvalue weighted by molar-refractivity contribution is 5.97. The molecule has 0 bridgehead atoms. The minimum absolute atomic E-state index is 0.0722. The fourth-order valence-electron chi connectivity index (χ4n) is 3.21. The molecule has 1 fully saturated rings. The standard InChI is InChI=1S/C19H30N2O2/c1-14(2)23-19-10-9-15(13-17(19)20)18(22)11-12-21(3)16-7-5-4-6-8-16/h9-10,13-14,16H,4-8,11-12,20H2,1-3H3. The van der Waals surface area contributed by atoms with Gasteiger partial charge < -0.3 is 15.4 Å². The Balaban J connectivity index is 1.88. The lowest BCUT2D eigenvalue weighted by Gasteiger charge is -2.30. The summed E-state index contributed by atoms with van der Waals surface area (Å²) in [4.78, 5) is 14.7. The van der Waals surface area contributed by atoms with Crippen LogP contribution in [0.15, 0.2) is 18.2 Å². The first kappa shape index (κ1) is 17.8. The fraction of sp³-hybridized carbons (Fsp3) is 0.632. The lowest BCUT2D eigenvalue weighted by atomic mass is 9.94. The van der Waals surface area contributed by atoms with Crippen LogP contribution in [0.4, 0.5) is 5.69 Å². The van der Waals surface area contributed by atoms with Crippen molar-refractivity contribution in [3.63, 3.8) is 0 Å². The van der Waals surface area contributed by atoms with E-state index in [2.05, 4.69) is 11.9 Å². The molecule has 1 saturated carbocycles. The second-order valence-corrected chi connectivity index (χ2v) is 6.86. The number of anilines is 1. The van der Waals surface area contributed by atoms with E-state index in [0.717, 1.165) is 6.54 Å². The van der Waals surface area contributed by atoms with Crippen molar-refractivity contribution in [2.45, 2.75) is 64.5 Å². The first-order chi connectivity index (χ1) is 11.0. The average Bonchev–Trinajstić information content (AvgIpc) is 2.54. The van der Waals surface area contributed by atoms with Crippen LogP contribution in [0.25, 0.3) is 0 Å². The Labute approximate surface area is 140 Å². The first-order valence-electron chi connectivity index (χ1n) is 8.77. The van der Waals surface area contributed by atoms with Crippen molar-refractivity contribution < 1.29 is 9.53 Å². The number of ether oxygens (including phenoxy) is 1. The van der Waals surface area contributed by atoms with Gasteiger partial charge in [0.2, 0.25) is 0 Å². The quantitative estimate of drug-likeness (QED) is 0.612. The van der Waals surface area contributed by atoms with Crippen molar-refractivity contribution in [2.24, 2.45) is 0 Å². The number of rotatable bonds is 7. The maximum atomic E-state index is 12.4. The van der Waals surface area contributed by atoms with E-state index in [1.807, 2.05) is 19.9 Å². The molecule has 0 spiro atoms. The van der Waals surface area contributed by atoms with E-state index in [1.54, 1.807) is 12.1 Å². The molecular weight excluding hydrogens is 288 g/mol. The number of nitrogens with two attached hydrogens (primary N) is 1. The number of carbonyl (C=O) groups excluding carboxylic acids is 1. The predicted octanol–water partition coefficient (Wildman–Crippen LogP) is 3.89. The molecule has 4 heteroatoms. The highest BCUT2D eigenvalue weighted by Gasteiger charge is 2.19. The number of nitrogens with zero attached hydrogens (tertiary/aromatic N) is 1. The molecule has 0 saturated heterocycles. The normalized spacial score (nSPS) is 16.0. The van der Waals surface area contributed by atoms with Gasteiger partial charge in [-0.2, -0.15) is 0 Å². The van der Waals surface area contributed by atoms with Crippen molar-refractivity contribution in [1.29, 1.82) is 0 Å². The van der Waals surface area contributed by atoms with Crippen molar-refractivity contribution in [2.75, 3.05) is 19.3 Å². The molecule has 1 aromatic rings. The zero-order valence-corrected chi connectivity index (χ0v) is 14.7. The smallest absolute Gasteiger partial charge is 0.164 e. The van der Waals surface area contributed by atoms with Gasteiger partial charge in [-0.1, -0.05) is 19.3 Å². The lowest BCUT2D eigenvalue weighted by Crippen LogP contribution is -2.34. The average molecular weight is 318 g/mol. The maximum Gasteiger partial charge on any atom is 0.164 e. The van der Waals surface area contributed by atoms with Crippen LogP contribution in [0.2, 0.25) is 0 Å². The summed E-state index contributed by atoms with van der Waals surface area (Å²) in [7, 11) is 2.14. The Hall–Kier alpha value is -1.55. The summed E-state index contributed by atoms with van der Waals surface area (Å²) in [5, 5.41) is 0. The number of hydrogen-bond donors (Lipinski definition) is 1. The third-order valence-corrected chi connectivity index (χ3v) is 4.58. The van der Waals surface area contributed by atoms with Gasteiger partial charge in [0.25, 0.3) is 0 Å². The van der Waals surface area contributed by atoms with Crippen molar-refractivity contribution >= 4 is 11.5 Å². The van der Waals surface area contributed by atoms with Crippen LogP contribution >= 0.6 is 0 Å². The lowest BCUT2D eigenvalue weighted by molar-refractivity contribution is 0.0952. The minimum atomic E-state index is 0.0722. The number of Topliss-reactive ketones (excluding diaryl/α,β-unsaturated/α-hetero) is 1. The SMILES string of the molecule is CC(C)Oc1ccc(C(=O)CCN(C)C2CCCCC2)cc1N. The second kappa shape index (κ2) is 8.34. The van der Waals surface area contributed by atoms with E-state index in [9.17, 15) is 4.79 Å². The molecule has 2 N–H and O–H groups in total. The maximum absolute atomic E-state index is 12.4. The van der Waals surface area contributed by atoms with Gasteiger partial charge in [-0.05, 0) is 51.9 Å². The monoisotopic (exact) mass is 318 g/mol. The summed E-state index contributed by atoms with van der Waals surface area (Å²) in [5.74, 6) is 0.798. The first-order valence-corrected chi connectivity index (χ1v) is 8.77. The molecule has 23 heavy (non-hydrogen) atoms. The Morgan fingerprint density at radius 2 is 2.00 bits per heavy atom. The fourth-order valence-corrected chi connectivity index (χ4v) is 3.21. The highest BCUT2D eigenvalue weighted by atomic mass is 16.5. The molecule has 0 atom stereocenters. The van der Waals surface area contributed by atoms with E-state index in [0.29, 0.717) is 29.5 Å². The van der Waals surface area contributed by atoms with E-state index >= 15 is 0 Å². The molecule has 0 radical (unpaired) electrons. The zero-order valence-electron chi connectivity index (χ0n) is 14.7. The van der Waals surface area contributed by atoms with E-state index in [4.69, 9.17) is 10.5 Å². The predicted molar refractivity (Wildman–Crippen MR) is 95.1 cm³/mol. The summed E-state index contributed by atoms with van der Waals surface area (Å²) in [6.45, 7) is 4.73. The van der Waals surface area contributed by atoms with Crippen molar-refractivity contribution in [3.05, 3.63) is 23.8 Å². The number of nitrogen functional groups attached to an aromatic ring is 1. The molecule has 4 nitrogen and oxygen atoms in total. The van der Waals surface area contributed by atoms with Gasteiger partial charge in [-0.25, -0.2) is 0 Å². The van der Waals surface area contributed by atoms with Crippen LogP contribution in [0, 0.1) is 0 Å². The van der Waals surface area contributed by atoms with E-state index in [1.165, 1.54) is 32.1 Å². The van der Waals surface area contributed by atoms with Gasteiger partial charge in [-0.15, -0.1) is 0 Å². The molecular formula is C19H30N2O2. The van der Waals surface area contributed by atoms with Gasteiger partial charge in [0, 0.05) is 24.6 Å². The molecule has 1 aliphatic rings. The van der Waals surface area contributed by atoms with Crippen LogP contribution in [0.5, 0.6) is 5.75 Å². The second-order valence-electron chi connectivity index (χ2n) is 6.86. The summed E-state index contributed by atoms with van der Waals surface area (Å²) in [6.07, 6.45) is 7.12. The summed E-state index contributed by atoms with van der Waals surface area (Å²) < 4.78 is 5.61. The van der Waals surface area contributed by atoms with Gasteiger partial charge >= 0.3 is 0 Å². The summed E-state index contributed by atoms with van der Waals surface area (Å²) in [5.41, 5.74) is 7.20. The van der Waals surface area contributed by atoms with Gasteiger partial charge in [0.05, 0.1) is 11.8 Å². The van der Waals surface area contributed by atoms with E-state index < -0.39 is 0 Å². The third-order valence-electron chi connectivity index (χ3n) is 4.58. The molecule has 0 aromatic heterocycles. The molecule has 0 aliphatic heterocycles. The largest absolute Gasteiger partial charge is 0.489 e.